The Labute approximate surface area is 125 Å². The fourth-order valence-electron chi connectivity index (χ4n) is 1.64. The van der Waals surface area contributed by atoms with Gasteiger partial charge in [-0.2, -0.15) is 4.98 Å². The molecule has 21 heavy (non-hydrogen) atoms. The molecule has 0 aliphatic heterocycles. The van der Waals surface area contributed by atoms with Gasteiger partial charge in [-0.1, -0.05) is 11.8 Å². The lowest BCUT2D eigenvalue weighted by Crippen LogP contribution is -2.16. The smallest absolute Gasteiger partial charge is 0.346 e. The highest BCUT2D eigenvalue weighted by Gasteiger charge is 2.06. The van der Waals surface area contributed by atoms with Crippen molar-refractivity contribution in [1.29, 1.82) is 0 Å². The number of nitrogens with one attached hydrogen (secondary N) is 2. The normalized spacial score (nSPS) is 10.2. The van der Waals surface area contributed by atoms with Crippen LogP contribution in [-0.4, -0.2) is 28.7 Å². The minimum Gasteiger partial charge on any atom is -0.497 e. The Bertz CT molecular complexity index is 683. The SMILES string of the molecule is COc1ccc(NC(=O)CSc2cc(C)[nH]c(=O)n2)cc1. The van der Waals surface area contributed by atoms with Gasteiger partial charge in [0.05, 0.1) is 12.9 Å². The van der Waals surface area contributed by atoms with E-state index in [2.05, 4.69) is 15.3 Å². The summed E-state index contributed by atoms with van der Waals surface area (Å²) in [5.41, 5.74) is 0.998. The highest BCUT2D eigenvalue weighted by atomic mass is 32.2. The summed E-state index contributed by atoms with van der Waals surface area (Å²) >= 11 is 1.22. The van der Waals surface area contributed by atoms with Crippen LogP contribution in [0.15, 0.2) is 40.2 Å². The molecular weight excluding hydrogens is 290 g/mol. The Balaban J connectivity index is 1.90. The molecule has 1 heterocycles. The van der Waals surface area contributed by atoms with Crippen LogP contribution in [0, 0.1) is 6.92 Å². The number of aromatic amines is 1. The first-order chi connectivity index (χ1) is 10.1. The summed E-state index contributed by atoms with van der Waals surface area (Å²) in [6, 6.07) is 8.79. The second-order valence-corrected chi connectivity index (χ2v) is 5.27. The maximum Gasteiger partial charge on any atom is 0.346 e. The van der Waals surface area contributed by atoms with Gasteiger partial charge >= 0.3 is 5.69 Å². The van der Waals surface area contributed by atoms with E-state index < -0.39 is 5.69 Å². The highest BCUT2D eigenvalue weighted by molar-refractivity contribution is 7.99. The molecule has 0 aliphatic rings. The number of thioether (sulfide) groups is 1. The number of aryl methyl sites for hydroxylation is 1. The molecule has 2 rings (SSSR count). The van der Waals surface area contributed by atoms with Gasteiger partial charge in [0.1, 0.15) is 10.8 Å². The summed E-state index contributed by atoms with van der Waals surface area (Å²) in [5.74, 6) is 0.748. The van der Waals surface area contributed by atoms with Crippen LogP contribution < -0.4 is 15.7 Å². The summed E-state index contributed by atoms with van der Waals surface area (Å²) in [7, 11) is 1.58. The molecule has 1 aromatic carbocycles. The quantitative estimate of drug-likeness (QED) is 0.650. The predicted molar refractivity (Wildman–Crippen MR) is 81.9 cm³/mol. The number of H-pyrrole nitrogens is 1. The Morgan fingerprint density at radius 3 is 2.71 bits per heavy atom. The molecule has 1 aromatic heterocycles. The zero-order valence-electron chi connectivity index (χ0n) is 11.7. The first-order valence-electron chi connectivity index (χ1n) is 6.21. The molecule has 0 unspecified atom stereocenters. The van der Waals surface area contributed by atoms with Gasteiger partial charge in [0.2, 0.25) is 5.91 Å². The molecule has 0 atom stereocenters. The third-order valence-corrected chi connectivity index (χ3v) is 3.49. The van der Waals surface area contributed by atoms with Gasteiger partial charge in [0.25, 0.3) is 0 Å². The lowest BCUT2D eigenvalue weighted by Gasteiger charge is -2.06. The van der Waals surface area contributed by atoms with E-state index in [4.69, 9.17) is 4.74 Å². The van der Waals surface area contributed by atoms with E-state index in [0.29, 0.717) is 16.4 Å². The molecule has 0 spiro atoms. The molecule has 0 saturated heterocycles. The molecule has 0 aliphatic carbocycles. The molecular formula is C14H15N3O3S. The Morgan fingerprint density at radius 2 is 2.10 bits per heavy atom. The molecule has 0 saturated carbocycles. The fourth-order valence-corrected chi connectivity index (χ4v) is 2.39. The van der Waals surface area contributed by atoms with Crippen LogP contribution in [-0.2, 0) is 4.79 Å². The largest absolute Gasteiger partial charge is 0.497 e. The number of ether oxygens (including phenoxy) is 1. The van der Waals surface area contributed by atoms with Crippen molar-refractivity contribution in [2.24, 2.45) is 0 Å². The number of carbonyl (C=O) groups is 1. The number of methoxy groups -OCH3 is 1. The van der Waals surface area contributed by atoms with Gasteiger partial charge in [-0.3, -0.25) is 4.79 Å². The summed E-state index contributed by atoms with van der Waals surface area (Å²) < 4.78 is 5.04. The van der Waals surface area contributed by atoms with Crippen molar-refractivity contribution < 1.29 is 9.53 Å². The second-order valence-electron chi connectivity index (χ2n) is 4.27. The van der Waals surface area contributed by atoms with E-state index in [-0.39, 0.29) is 11.7 Å². The van der Waals surface area contributed by atoms with Crippen molar-refractivity contribution >= 4 is 23.4 Å². The average molecular weight is 305 g/mol. The first kappa shape index (κ1) is 15.1. The fraction of sp³-hybridized carbons (Fsp3) is 0.214. The lowest BCUT2D eigenvalue weighted by atomic mass is 10.3. The summed E-state index contributed by atoms with van der Waals surface area (Å²) in [6.07, 6.45) is 0. The number of carbonyl (C=O) groups excluding carboxylic acids is 1. The van der Waals surface area contributed by atoms with E-state index in [1.165, 1.54) is 11.8 Å². The van der Waals surface area contributed by atoms with E-state index in [1.54, 1.807) is 44.4 Å². The molecule has 2 N–H and O–H groups in total. The van der Waals surface area contributed by atoms with E-state index >= 15 is 0 Å². The third-order valence-electron chi connectivity index (χ3n) is 2.58. The molecule has 0 fully saturated rings. The number of hydrogen-bond donors (Lipinski definition) is 2. The van der Waals surface area contributed by atoms with Crippen LogP contribution in [0.5, 0.6) is 5.75 Å². The number of anilines is 1. The topological polar surface area (TPSA) is 84.1 Å². The minimum absolute atomic E-state index is 0.162. The van der Waals surface area contributed by atoms with Crippen molar-refractivity contribution in [3.8, 4) is 5.75 Å². The van der Waals surface area contributed by atoms with Gasteiger partial charge in [0.15, 0.2) is 0 Å². The average Bonchev–Trinajstić information content (AvgIpc) is 2.45. The summed E-state index contributed by atoms with van der Waals surface area (Å²) in [4.78, 5) is 29.4. The van der Waals surface area contributed by atoms with Crippen LogP contribution in [0.25, 0.3) is 0 Å². The molecule has 2 aromatic rings. The summed E-state index contributed by atoms with van der Waals surface area (Å²) in [5, 5.41) is 3.29. The first-order valence-corrected chi connectivity index (χ1v) is 7.20. The van der Waals surface area contributed by atoms with Gasteiger partial charge in [-0.05, 0) is 37.3 Å². The number of nitrogens with zero attached hydrogens (tertiary/aromatic N) is 1. The Hall–Kier alpha value is -2.28. The highest BCUT2D eigenvalue weighted by Crippen LogP contribution is 2.17. The Morgan fingerprint density at radius 1 is 1.38 bits per heavy atom. The minimum atomic E-state index is -0.409. The molecule has 0 radical (unpaired) electrons. The predicted octanol–water partition coefficient (Wildman–Crippen LogP) is 1.82. The molecule has 0 bridgehead atoms. The molecule has 7 heteroatoms. The van der Waals surface area contributed by atoms with Gasteiger partial charge in [-0.25, -0.2) is 4.79 Å². The maximum atomic E-state index is 11.8. The number of aromatic nitrogens is 2. The van der Waals surface area contributed by atoms with E-state index in [0.717, 1.165) is 5.75 Å². The van der Waals surface area contributed by atoms with Crippen LogP contribution in [0.3, 0.4) is 0 Å². The van der Waals surface area contributed by atoms with Gasteiger partial charge in [0, 0.05) is 11.4 Å². The number of amides is 1. The molecule has 110 valence electrons. The van der Waals surface area contributed by atoms with E-state index in [9.17, 15) is 9.59 Å². The third kappa shape index (κ3) is 4.64. The number of rotatable bonds is 5. The van der Waals surface area contributed by atoms with Crippen molar-refractivity contribution in [2.45, 2.75) is 11.9 Å². The standard InChI is InChI=1S/C14H15N3O3S/c1-9-7-13(17-14(19)15-9)21-8-12(18)16-10-3-5-11(20-2)6-4-10/h3-7H,8H2,1-2H3,(H,16,18)(H,15,17,19). The lowest BCUT2D eigenvalue weighted by molar-refractivity contribution is -0.113. The zero-order valence-corrected chi connectivity index (χ0v) is 12.5. The van der Waals surface area contributed by atoms with Crippen LogP contribution in [0.1, 0.15) is 5.69 Å². The van der Waals surface area contributed by atoms with E-state index in [1.807, 2.05) is 0 Å². The van der Waals surface area contributed by atoms with Crippen molar-refractivity contribution in [2.75, 3.05) is 18.2 Å². The van der Waals surface area contributed by atoms with Crippen LogP contribution in [0.4, 0.5) is 5.69 Å². The van der Waals surface area contributed by atoms with Crippen molar-refractivity contribution in [3.05, 3.63) is 46.5 Å². The second kappa shape index (κ2) is 6.94. The van der Waals surface area contributed by atoms with Gasteiger partial charge < -0.3 is 15.0 Å². The maximum absolute atomic E-state index is 11.8. The summed E-state index contributed by atoms with van der Waals surface area (Å²) in [6.45, 7) is 1.77. The van der Waals surface area contributed by atoms with Gasteiger partial charge in [-0.15, -0.1) is 0 Å². The van der Waals surface area contributed by atoms with Crippen LogP contribution >= 0.6 is 11.8 Å². The molecule has 1 amide bonds. The monoisotopic (exact) mass is 305 g/mol. The van der Waals surface area contributed by atoms with Crippen molar-refractivity contribution in [3.63, 3.8) is 0 Å². The molecule has 6 nitrogen and oxygen atoms in total. The van der Waals surface area contributed by atoms with Crippen molar-refractivity contribution in [1.82, 2.24) is 9.97 Å². The zero-order chi connectivity index (χ0) is 15.2. The number of benzene rings is 1. The Kier molecular flexibility index (Phi) is 4.99. The van der Waals surface area contributed by atoms with Crippen LogP contribution in [0.2, 0.25) is 0 Å². The number of hydrogen-bond acceptors (Lipinski definition) is 5.